The summed E-state index contributed by atoms with van der Waals surface area (Å²) in [6.07, 6.45) is 2.84. The lowest BCUT2D eigenvalue weighted by molar-refractivity contribution is 0.0262. The molecule has 1 aromatic rings. The van der Waals surface area contributed by atoms with Gasteiger partial charge in [0, 0.05) is 0 Å². The van der Waals surface area contributed by atoms with Gasteiger partial charge in [-0.15, -0.1) is 23.5 Å². The Hall–Kier alpha value is -0.0600. The summed E-state index contributed by atoms with van der Waals surface area (Å²) in [5.74, 6) is 2.88. The van der Waals surface area contributed by atoms with E-state index in [0.717, 1.165) is 11.5 Å². The SMILES string of the molecule is CC1(C(C)(O)c2ccco2)SCCCS1. The Balaban J connectivity index is 2.27. The predicted molar refractivity (Wildman–Crippen MR) is 66.2 cm³/mol. The average Bonchev–Trinajstić information content (AvgIpc) is 2.72. The van der Waals surface area contributed by atoms with E-state index < -0.39 is 5.60 Å². The molecule has 1 aliphatic rings. The van der Waals surface area contributed by atoms with Gasteiger partial charge in [-0.3, -0.25) is 0 Å². The maximum Gasteiger partial charge on any atom is 0.143 e. The molecule has 4 heteroatoms. The molecule has 0 aliphatic carbocycles. The average molecular weight is 244 g/mol. The van der Waals surface area contributed by atoms with Crippen molar-refractivity contribution in [1.82, 2.24) is 0 Å². The van der Waals surface area contributed by atoms with Gasteiger partial charge in [-0.05, 0) is 43.9 Å². The van der Waals surface area contributed by atoms with Crippen LogP contribution >= 0.6 is 23.5 Å². The van der Waals surface area contributed by atoms with Gasteiger partial charge >= 0.3 is 0 Å². The molecule has 2 heterocycles. The maximum atomic E-state index is 10.6. The van der Waals surface area contributed by atoms with Crippen LogP contribution in [0.1, 0.15) is 26.0 Å². The van der Waals surface area contributed by atoms with Crippen molar-refractivity contribution in [2.45, 2.75) is 29.9 Å². The molecule has 0 spiro atoms. The van der Waals surface area contributed by atoms with Gasteiger partial charge in [0.25, 0.3) is 0 Å². The van der Waals surface area contributed by atoms with E-state index in [2.05, 4.69) is 6.92 Å². The Labute approximate surface area is 98.8 Å². The molecule has 1 unspecified atom stereocenters. The molecule has 0 radical (unpaired) electrons. The molecule has 0 amide bonds. The fraction of sp³-hybridized carbons (Fsp3) is 0.636. The second kappa shape index (κ2) is 4.07. The van der Waals surface area contributed by atoms with Gasteiger partial charge in [0.2, 0.25) is 0 Å². The Morgan fingerprint density at radius 1 is 1.47 bits per heavy atom. The van der Waals surface area contributed by atoms with Gasteiger partial charge in [-0.1, -0.05) is 0 Å². The van der Waals surface area contributed by atoms with E-state index in [1.807, 2.05) is 42.6 Å². The summed E-state index contributed by atoms with van der Waals surface area (Å²) >= 11 is 3.65. The molecule has 1 saturated heterocycles. The van der Waals surface area contributed by atoms with Crippen LogP contribution in [0.3, 0.4) is 0 Å². The number of rotatable bonds is 2. The van der Waals surface area contributed by atoms with Crippen molar-refractivity contribution in [3.63, 3.8) is 0 Å². The van der Waals surface area contributed by atoms with Crippen LogP contribution in [0, 0.1) is 0 Å². The first kappa shape index (κ1) is 11.4. The summed E-state index contributed by atoms with van der Waals surface area (Å²) in [4.78, 5) is 0. The van der Waals surface area contributed by atoms with Gasteiger partial charge in [0.05, 0.1) is 10.3 Å². The van der Waals surface area contributed by atoms with Gasteiger partial charge in [-0.2, -0.15) is 0 Å². The van der Waals surface area contributed by atoms with Crippen LogP contribution in [0.5, 0.6) is 0 Å². The van der Waals surface area contributed by atoms with Crippen LogP contribution < -0.4 is 0 Å². The van der Waals surface area contributed by atoms with Gasteiger partial charge < -0.3 is 9.52 Å². The molecule has 84 valence electrons. The molecule has 15 heavy (non-hydrogen) atoms. The predicted octanol–water partition coefficient (Wildman–Crippen LogP) is 3.07. The van der Waals surface area contributed by atoms with Crippen LogP contribution in [0.25, 0.3) is 0 Å². The zero-order valence-corrected chi connectivity index (χ0v) is 10.7. The Morgan fingerprint density at radius 2 is 2.13 bits per heavy atom. The van der Waals surface area contributed by atoms with Crippen molar-refractivity contribution in [3.05, 3.63) is 24.2 Å². The van der Waals surface area contributed by atoms with Gasteiger partial charge in [-0.25, -0.2) is 0 Å². The molecule has 1 N–H and O–H groups in total. The third-order valence-corrected chi connectivity index (χ3v) is 6.52. The monoisotopic (exact) mass is 244 g/mol. The molecule has 2 rings (SSSR count). The van der Waals surface area contributed by atoms with E-state index in [1.165, 1.54) is 6.42 Å². The van der Waals surface area contributed by atoms with E-state index >= 15 is 0 Å². The molecule has 2 nitrogen and oxygen atoms in total. The van der Waals surface area contributed by atoms with Crippen LogP contribution in [-0.2, 0) is 5.60 Å². The van der Waals surface area contributed by atoms with Crippen molar-refractivity contribution in [2.75, 3.05) is 11.5 Å². The van der Waals surface area contributed by atoms with E-state index in [0.29, 0.717) is 5.76 Å². The highest BCUT2D eigenvalue weighted by Crippen LogP contribution is 2.52. The van der Waals surface area contributed by atoms with Crippen LogP contribution in [0.4, 0.5) is 0 Å². The van der Waals surface area contributed by atoms with Crippen LogP contribution in [-0.4, -0.2) is 20.7 Å². The fourth-order valence-corrected chi connectivity index (χ4v) is 4.83. The van der Waals surface area contributed by atoms with Crippen LogP contribution in [0.2, 0.25) is 0 Å². The third kappa shape index (κ3) is 1.95. The largest absolute Gasteiger partial charge is 0.466 e. The second-order valence-electron chi connectivity index (χ2n) is 4.05. The molecule has 1 atom stereocenters. The highest BCUT2D eigenvalue weighted by molar-refractivity contribution is 8.18. The molecule has 1 fully saturated rings. The number of hydrogen-bond acceptors (Lipinski definition) is 4. The standard InChI is InChI=1S/C11H16O2S2/c1-10(12,9-5-3-6-13-9)11(2)14-7-4-8-15-11/h3,5-6,12H,4,7-8H2,1-2H3. The first-order valence-corrected chi connectivity index (χ1v) is 7.08. The van der Waals surface area contributed by atoms with E-state index in [9.17, 15) is 5.11 Å². The van der Waals surface area contributed by atoms with E-state index in [1.54, 1.807) is 6.26 Å². The summed E-state index contributed by atoms with van der Waals surface area (Å²) in [6.45, 7) is 3.95. The minimum absolute atomic E-state index is 0.205. The molecule has 0 aromatic carbocycles. The summed E-state index contributed by atoms with van der Waals surface area (Å²) in [7, 11) is 0. The quantitative estimate of drug-likeness (QED) is 0.867. The van der Waals surface area contributed by atoms with Crippen molar-refractivity contribution < 1.29 is 9.52 Å². The minimum atomic E-state index is -0.910. The third-order valence-electron chi connectivity index (χ3n) is 2.93. The molecule has 1 aromatic heterocycles. The number of aliphatic hydroxyl groups is 1. The maximum absolute atomic E-state index is 10.6. The normalized spacial score (nSPS) is 24.7. The zero-order valence-electron chi connectivity index (χ0n) is 9.03. The Bertz CT molecular complexity index is 313. The molecule has 1 aliphatic heterocycles. The van der Waals surface area contributed by atoms with Gasteiger partial charge in [0.15, 0.2) is 0 Å². The lowest BCUT2D eigenvalue weighted by Crippen LogP contribution is -2.43. The second-order valence-corrected chi connectivity index (χ2v) is 7.33. The zero-order chi connectivity index (χ0) is 10.9. The number of thioether (sulfide) groups is 2. The van der Waals surface area contributed by atoms with Gasteiger partial charge in [0.1, 0.15) is 11.4 Å². The smallest absolute Gasteiger partial charge is 0.143 e. The van der Waals surface area contributed by atoms with E-state index in [-0.39, 0.29) is 4.08 Å². The summed E-state index contributed by atoms with van der Waals surface area (Å²) < 4.78 is 5.13. The van der Waals surface area contributed by atoms with Crippen molar-refractivity contribution in [2.24, 2.45) is 0 Å². The first-order valence-electron chi connectivity index (χ1n) is 5.10. The molecule has 0 bridgehead atoms. The molecular weight excluding hydrogens is 228 g/mol. The minimum Gasteiger partial charge on any atom is -0.466 e. The summed E-state index contributed by atoms with van der Waals surface area (Å²) in [5, 5.41) is 10.6. The lowest BCUT2D eigenvalue weighted by Gasteiger charge is -2.42. The summed E-state index contributed by atoms with van der Waals surface area (Å²) in [5.41, 5.74) is -0.910. The fourth-order valence-electron chi connectivity index (χ4n) is 1.69. The highest BCUT2D eigenvalue weighted by Gasteiger charge is 2.48. The Morgan fingerprint density at radius 3 is 2.67 bits per heavy atom. The number of furan rings is 1. The lowest BCUT2D eigenvalue weighted by atomic mass is 9.99. The Kier molecular flexibility index (Phi) is 3.10. The van der Waals surface area contributed by atoms with Crippen molar-refractivity contribution in [3.8, 4) is 0 Å². The number of hydrogen-bond donors (Lipinski definition) is 1. The topological polar surface area (TPSA) is 33.4 Å². The van der Waals surface area contributed by atoms with Crippen molar-refractivity contribution >= 4 is 23.5 Å². The highest BCUT2D eigenvalue weighted by atomic mass is 32.2. The van der Waals surface area contributed by atoms with Crippen molar-refractivity contribution in [1.29, 1.82) is 0 Å². The molecular formula is C11H16O2S2. The summed E-state index contributed by atoms with van der Waals surface area (Å²) in [6, 6.07) is 3.67. The van der Waals surface area contributed by atoms with E-state index in [4.69, 9.17) is 4.42 Å². The first-order chi connectivity index (χ1) is 7.06. The van der Waals surface area contributed by atoms with Crippen LogP contribution in [0.15, 0.2) is 22.8 Å². The molecule has 0 saturated carbocycles.